The van der Waals surface area contributed by atoms with Gasteiger partial charge in [0.05, 0.1) is 6.26 Å². The molecule has 6 nitrogen and oxygen atoms in total. The Hall–Kier alpha value is -3.19. The van der Waals surface area contributed by atoms with Crippen LogP contribution in [0.3, 0.4) is 0 Å². The molecule has 0 aliphatic carbocycles. The number of ether oxygens (including phenoxy) is 1. The Morgan fingerprint density at radius 2 is 2.12 bits per heavy atom. The molecule has 124 valence electrons. The van der Waals surface area contributed by atoms with Crippen LogP contribution < -0.4 is 14.8 Å². The molecule has 0 aliphatic rings. The summed E-state index contributed by atoms with van der Waals surface area (Å²) in [7, 11) is 0. The van der Waals surface area contributed by atoms with Crippen LogP contribution >= 0.6 is 11.3 Å². The maximum Gasteiger partial charge on any atom is 0.291 e. The quantitative estimate of drug-likeness (QED) is 0.517. The lowest BCUT2D eigenvalue weighted by molar-refractivity contribution is 0.363. The molecular weight excluding hydrogens is 338 g/mol. The zero-order chi connectivity index (χ0) is 17.2. The molecule has 0 unspecified atom stereocenters. The van der Waals surface area contributed by atoms with Gasteiger partial charge in [0, 0.05) is 11.6 Å². The van der Waals surface area contributed by atoms with Gasteiger partial charge >= 0.3 is 0 Å². The molecule has 0 amide bonds. The lowest BCUT2D eigenvalue weighted by Gasteiger charge is -2.02. The largest absolute Gasteiger partial charge is 0.490 e. The Kier molecular flexibility index (Phi) is 3.91. The van der Waals surface area contributed by atoms with Gasteiger partial charge < -0.3 is 9.15 Å². The fourth-order valence-electron chi connectivity index (χ4n) is 2.31. The SMILES string of the molecule is C=CCOc1ccc(-c2nc3s/c(=C\c4ccco4)c(=O)n3n2)cc1. The summed E-state index contributed by atoms with van der Waals surface area (Å²) in [4.78, 5) is 17.4. The molecule has 0 saturated heterocycles. The molecule has 3 aromatic heterocycles. The molecule has 0 atom stereocenters. The predicted octanol–water partition coefficient (Wildman–Crippen LogP) is 2.52. The van der Waals surface area contributed by atoms with Crippen LogP contribution in [0, 0.1) is 0 Å². The van der Waals surface area contributed by atoms with Gasteiger partial charge in [0.25, 0.3) is 5.56 Å². The molecule has 0 fully saturated rings. The first kappa shape index (κ1) is 15.3. The van der Waals surface area contributed by atoms with E-state index in [9.17, 15) is 4.79 Å². The summed E-state index contributed by atoms with van der Waals surface area (Å²) in [6, 6.07) is 10.9. The lowest BCUT2D eigenvalue weighted by Crippen LogP contribution is -2.23. The standard InChI is InChI=1S/C18H13N3O3S/c1-2-9-23-13-7-5-12(6-8-13)16-19-18-21(20-16)17(22)15(25-18)11-14-4-3-10-24-14/h2-8,10-11H,1,9H2/b15-11-. The summed E-state index contributed by atoms with van der Waals surface area (Å²) in [5.74, 6) is 1.87. The third-order valence-electron chi connectivity index (χ3n) is 3.48. The Morgan fingerprint density at radius 1 is 1.28 bits per heavy atom. The Balaban J connectivity index is 1.68. The summed E-state index contributed by atoms with van der Waals surface area (Å²) >= 11 is 1.28. The first-order chi connectivity index (χ1) is 12.2. The van der Waals surface area contributed by atoms with Crippen LogP contribution in [-0.4, -0.2) is 21.2 Å². The molecule has 25 heavy (non-hydrogen) atoms. The van der Waals surface area contributed by atoms with E-state index in [1.54, 1.807) is 30.5 Å². The van der Waals surface area contributed by atoms with E-state index in [0.717, 1.165) is 11.3 Å². The monoisotopic (exact) mass is 351 g/mol. The number of furan rings is 1. The van der Waals surface area contributed by atoms with Crippen molar-refractivity contribution in [2.75, 3.05) is 6.61 Å². The number of fused-ring (bicyclic) bond motifs is 1. The van der Waals surface area contributed by atoms with Crippen LogP contribution in [-0.2, 0) is 0 Å². The molecule has 3 heterocycles. The van der Waals surface area contributed by atoms with Gasteiger partial charge in [-0.25, -0.2) is 0 Å². The minimum absolute atomic E-state index is 0.207. The van der Waals surface area contributed by atoms with Gasteiger partial charge in [-0.1, -0.05) is 24.0 Å². The Morgan fingerprint density at radius 3 is 2.80 bits per heavy atom. The summed E-state index contributed by atoms with van der Waals surface area (Å²) in [5.41, 5.74) is 0.610. The number of benzene rings is 1. The second-order valence-electron chi connectivity index (χ2n) is 5.19. The first-order valence-electron chi connectivity index (χ1n) is 7.53. The van der Waals surface area contributed by atoms with Crippen LogP contribution in [0.25, 0.3) is 22.4 Å². The van der Waals surface area contributed by atoms with Crippen LogP contribution in [0.15, 0.2) is 64.5 Å². The molecule has 0 spiro atoms. The van der Waals surface area contributed by atoms with E-state index in [2.05, 4.69) is 16.7 Å². The minimum atomic E-state index is -0.207. The number of hydrogen-bond donors (Lipinski definition) is 0. The third kappa shape index (κ3) is 2.97. The highest BCUT2D eigenvalue weighted by molar-refractivity contribution is 7.15. The highest BCUT2D eigenvalue weighted by atomic mass is 32.1. The number of hydrogen-bond acceptors (Lipinski definition) is 6. The summed E-state index contributed by atoms with van der Waals surface area (Å²) in [6.07, 6.45) is 4.94. The van der Waals surface area contributed by atoms with Gasteiger partial charge in [-0.2, -0.15) is 9.50 Å². The number of nitrogens with zero attached hydrogens (tertiary/aromatic N) is 3. The van der Waals surface area contributed by atoms with Crippen LogP contribution in [0.2, 0.25) is 0 Å². The van der Waals surface area contributed by atoms with Crippen molar-refractivity contribution in [1.29, 1.82) is 0 Å². The Labute approximate surface area is 146 Å². The fraction of sp³-hybridized carbons (Fsp3) is 0.0556. The van der Waals surface area contributed by atoms with Crippen molar-refractivity contribution in [3.63, 3.8) is 0 Å². The van der Waals surface area contributed by atoms with Crippen molar-refractivity contribution in [3.05, 3.63) is 76.0 Å². The second kappa shape index (κ2) is 6.37. The van der Waals surface area contributed by atoms with E-state index in [1.165, 1.54) is 15.9 Å². The average molecular weight is 351 g/mol. The second-order valence-corrected chi connectivity index (χ2v) is 6.19. The van der Waals surface area contributed by atoms with Crippen molar-refractivity contribution in [1.82, 2.24) is 14.6 Å². The zero-order valence-electron chi connectivity index (χ0n) is 13.1. The lowest BCUT2D eigenvalue weighted by atomic mass is 10.2. The molecular formula is C18H13N3O3S. The van der Waals surface area contributed by atoms with Crippen molar-refractivity contribution in [3.8, 4) is 17.1 Å². The maximum absolute atomic E-state index is 12.4. The molecule has 0 bridgehead atoms. The van der Waals surface area contributed by atoms with Gasteiger partial charge in [-0.15, -0.1) is 5.10 Å². The van der Waals surface area contributed by atoms with Crippen molar-refractivity contribution >= 4 is 22.4 Å². The molecule has 0 saturated carbocycles. The van der Waals surface area contributed by atoms with Gasteiger partial charge in [-0.3, -0.25) is 4.79 Å². The first-order valence-corrected chi connectivity index (χ1v) is 8.35. The molecule has 4 aromatic rings. The van der Waals surface area contributed by atoms with Crippen molar-refractivity contribution in [2.24, 2.45) is 0 Å². The van der Waals surface area contributed by atoms with E-state index in [-0.39, 0.29) is 5.56 Å². The molecule has 4 rings (SSSR count). The summed E-state index contributed by atoms with van der Waals surface area (Å²) in [6.45, 7) is 4.06. The molecule has 7 heteroatoms. The van der Waals surface area contributed by atoms with E-state index >= 15 is 0 Å². The van der Waals surface area contributed by atoms with Crippen molar-refractivity contribution < 1.29 is 9.15 Å². The Bertz CT molecular complexity index is 1130. The van der Waals surface area contributed by atoms with Gasteiger partial charge in [0.2, 0.25) is 4.96 Å². The van der Waals surface area contributed by atoms with Gasteiger partial charge in [0.15, 0.2) is 5.82 Å². The van der Waals surface area contributed by atoms with E-state index in [4.69, 9.17) is 9.15 Å². The van der Waals surface area contributed by atoms with Gasteiger partial charge in [-0.05, 0) is 36.4 Å². The number of aromatic nitrogens is 3. The maximum atomic E-state index is 12.4. The van der Waals surface area contributed by atoms with Crippen molar-refractivity contribution in [2.45, 2.75) is 0 Å². The van der Waals surface area contributed by atoms with E-state index < -0.39 is 0 Å². The highest BCUT2D eigenvalue weighted by Crippen LogP contribution is 2.20. The van der Waals surface area contributed by atoms with E-state index in [0.29, 0.717) is 27.7 Å². The highest BCUT2D eigenvalue weighted by Gasteiger charge is 2.12. The minimum Gasteiger partial charge on any atom is -0.490 e. The normalized spacial score (nSPS) is 11.9. The van der Waals surface area contributed by atoms with Gasteiger partial charge in [0.1, 0.15) is 22.6 Å². The smallest absolute Gasteiger partial charge is 0.291 e. The zero-order valence-corrected chi connectivity index (χ0v) is 13.9. The average Bonchev–Trinajstić information content (AvgIpc) is 3.34. The summed E-state index contributed by atoms with van der Waals surface area (Å²) in [5, 5.41) is 4.32. The topological polar surface area (TPSA) is 69.6 Å². The number of rotatable bonds is 5. The fourth-order valence-corrected chi connectivity index (χ4v) is 3.20. The van der Waals surface area contributed by atoms with E-state index in [1.807, 2.05) is 24.3 Å². The number of thiazole rings is 1. The molecule has 0 radical (unpaired) electrons. The third-order valence-corrected chi connectivity index (χ3v) is 4.44. The summed E-state index contributed by atoms with van der Waals surface area (Å²) < 4.78 is 12.5. The predicted molar refractivity (Wildman–Crippen MR) is 95.8 cm³/mol. The molecule has 0 aliphatic heterocycles. The molecule has 1 aromatic carbocycles. The van der Waals surface area contributed by atoms with Crippen LogP contribution in [0.1, 0.15) is 5.76 Å². The molecule has 0 N–H and O–H groups in total. The van der Waals surface area contributed by atoms with Crippen LogP contribution in [0.5, 0.6) is 5.75 Å². The van der Waals surface area contributed by atoms with Crippen LogP contribution in [0.4, 0.5) is 0 Å².